The molecule has 1 aliphatic heterocycles. The number of rotatable bonds is 16. The fourth-order valence-corrected chi connectivity index (χ4v) is 10.9. The molecule has 0 saturated carbocycles. The molecule has 0 fully saturated rings. The molecule has 11 heteroatoms. The molecule has 7 rings (SSSR count). The van der Waals surface area contributed by atoms with Crippen LogP contribution in [0.4, 0.5) is 24.5 Å². The van der Waals surface area contributed by atoms with Gasteiger partial charge in [-0.05, 0) is 95.8 Å². The lowest BCUT2D eigenvalue weighted by Gasteiger charge is -2.19. The lowest BCUT2D eigenvalue weighted by Crippen LogP contribution is -2.13. The van der Waals surface area contributed by atoms with Crippen LogP contribution in [0.2, 0.25) is 0 Å². The number of aryl methyl sites for hydroxylation is 1. The van der Waals surface area contributed by atoms with E-state index in [1.165, 1.54) is 76.4 Å². The summed E-state index contributed by atoms with van der Waals surface area (Å²) in [6.07, 6.45) is 5.94. The third kappa shape index (κ3) is 8.46. The van der Waals surface area contributed by atoms with Crippen LogP contribution in [-0.4, -0.2) is 8.75 Å². The molecule has 0 N–H and O–H groups in total. The molecule has 4 nitrogen and oxygen atoms in total. The van der Waals surface area contributed by atoms with E-state index in [2.05, 4.69) is 65.0 Å². The molecular weight excluding hydrogens is 770 g/mol. The van der Waals surface area contributed by atoms with Gasteiger partial charge >= 0.3 is 6.18 Å². The molecule has 0 amide bonds. The minimum Gasteiger partial charge on any atom is -0.172 e. The molecule has 1 aliphatic rings. The van der Waals surface area contributed by atoms with Gasteiger partial charge in [0.1, 0.15) is 22.4 Å². The zero-order valence-electron chi connectivity index (χ0n) is 32.1. The van der Waals surface area contributed by atoms with Crippen molar-refractivity contribution in [3.63, 3.8) is 0 Å². The maximum absolute atomic E-state index is 14.2. The summed E-state index contributed by atoms with van der Waals surface area (Å²) in [6, 6.07) is 19.9. The van der Waals surface area contributed by atoms with E-state index in [1.807, 2.05) is 12.1 Å². The quantitative estimate of drug-likeness (QED) is 0.0975. The Morgan fingerprint density at radius 1 is 0.618 bits per heavy atom. The van der Waals surface area contributed by atoms with Gasteiger partial charge in [-0.3, -0.25) is 0 Å². The summed E-state index contributed by atoms with van der Waals surface area (Å²) in [6.45, 7) is 11.0. The number of hydrogen-bond donors (Lipinski definition) is 0. The van der Waals surface area contributed by atoms with Crippen molar-refractivity contribution in [2.75, 3.05) is 0 Å². The summed E-state index contributed by atoms with van der Waals surface area (Å²) in [5.74, 6) is 0.912. The normalized spacial score (nSPS) is 13.7. The van der Waals surface area contributed by atoms with Crippen LogP contribution in [-0.2, 0) is 30.4 Å². The predicted molar refractivity (Wildman–Crippen MR) is 230 cm³/mol. The summed E-state index contributed by atoms with van der Waals surface area (Å²) in [5.41, 5.74) is 9.59. The number of halogens is 3. The van der Waals surface area contributed by atoms with Crippen molar-refractivity contribution in [2.45, 2.75) is 105 Å². The fraction of sp³-hybridized carbons (Fsp3) is 0.409. The highest BCUT2D eigenvalue weighted by atomic mass is 32.1. The Morgan fingerprint density at radius 2 is 1.11 bits per heavy atom. The number of benzene rings is 3. The summed E-state index contributed by atoms with van der Waals surface area (Å²) in [7, 11) is 0. The SMILES string of the molecule is CCCCC(CC)Cc1cc(-c2ccc(-c3c4c(c(-c5ccc(-c6ccc(C(F)(F)F)c(CC(CC)CCCC)c6)s5)c5nsnc35)N=S=N4)s2)ccc1C. The van der Waals surface area contributed by atoms with Crippen LogP contribution in [0.1, 0.15) is 101 Å². The standard InChI is InChI=1S/C44H47F3N4S4/c1-6-10-12-27(8-3)22-31-24-29(15-14-26(31)5)34-18-20-36(52-34)38-40-42(50-54-48-40)39(43-41(38)49-55-51-43)37-21-19-35(53-37)30-16-17-33(44(45,46)47)32(25-30)23-28(9-4)13-11-7-2/h14-21,24-25,27-28H,6-13,22-23H2,1-5H3. The molecule has 3 aromatic heterocycles. The van der Waals surface area contributed by atoms with Crippen molar-refractivity contribution < 1.29 is 13.2 Å². The van der Waals surface area contributed by atoms with Gasteiger partial charge in [0.25, 0.3) is 0 Å². The molecule has 0 bridgehead atoms. The fourth-order valence-electron chi connectivity index (χ4n) is 7.72. The first kappa shape index (κ1) is 39.7. The summed E-state index contributed by atoms with van der Waals surface area (Å²) in [4.78, 5) is 4.11. The molecule has 6 aromatic rings. The first-order valence-electron chi connectivity index (χ1n) is 19.5. The molecule has 55 heavy (non-hydrogen) atoms. The van der Waals surface area contributed by atoms with E-state index in [0.29, 0.717) is 17.9 Å². The maximum atomic E-state index is 14.2. The highest BCUT2D eigenvalue weighted by molar-refractivity contribution is 7.58. The average molecular weight is 817 g/mol. The van der Waals surface area contributed by atoms with Crippen molar-refractivity contribution in [3.8, 4) is 41.8 Å². The Morgan fingerprint density at radius 3 is 1.62 bits per heavy atom. The van der Waals surface area contributed by atoms with Gasteiger partial charge in [0, 0.05) is 30.6 Å². The molecule has 0 spiro atoms. The van der Waals surface area contributed by atoms with Gasteiger partial charge in [0.05, 0.1) is 28.6 Å². The van der Waals surface area contributed by atoms with Gasteiger partial charge < -0.3 is 0 Å². The van der Waals surface area contributed by atoms with Gasteiger partial charge in [0.15, 0.2) is 0 Å². The van der Waals surface area contributed by atoms with Gasteiger partial charge in [0.2, 0.25) is 0 Å². The second-order valence-electron chi connectivity index (χ2n) is 14.8. The Hall–Kier alpha value is -3.51. The Balaban J connectivity index is 1.23. The van der Waals surface area contributed by atoms with Crippen LogP contribution in [0.3, 0.4) is 0 Å². The van der Waals surface area contributed by atoms with Gasteiger partial charge in [-0.15, -0.1) is 22.7 Å². The topological polar surface area (TPSA) is 50.5 Å². The van der Waals surface area contributed by atoms with Crippen LogP contribution < -0.4 is 0 Å². The average Bonchev–Trinajstić information content (AvgIpc) is 4.02. The minimum absolute atomic E-state index is 0.215. The van der Waals surface area contributed by atoms with Crippen LogP contribution in [0.5, 0.6) is 0 Å². The van der Waals surface area contributed by atoms with E-state index in [4.69, 9.17) is 17.5 Å². The molecule has 0 saturated heterocycles. The lowest BCUT2D eigenvalue weighted by molar-refractivity contribution is -0.138. The smallest absolute Gasteiger partial charge is 0.172 e. The molecule has 288 valence electrons. The largest absolute Gasteiger partial charge is 0.416 e. The van der Waals surface area contributed by atoms with E-state index in [0.717, 1.165) is 85.8 Å². The van der Waals surface area contributed by atoms with Crippen LogP contribution in [0.25, 0.3) is 52.8 Å². The molecular formula is C44H47F3N4S4. The lowest BCUT2D eigenvalue weighted by atomic mass is 9.89. The number of alkyl halides is 3. The van der Waals surface area contributed by atoms with Crippen LogP contribution in [0.15, 0.2) is 69.4 Å². The summed E-state index contributed by atoms with van der Waals surface area (Å²) in [5, 5.41) is 0. The number of thiophene rings is 2. The molecule has 4 heterocycles. The molecule has 2 unspecified atom stereocenters. The zero-order valence-corrected chi connectivity index (χ0v) is 35.3. The molecule has 3 aromatic carbocycles. The molecule has 0 aliphatic carbocycles. The monoisotopic (exact) mass is 816 g/mol. The highest BCUT2D eigenvalue weighted by Crippen LogP contribution is 2.55. The van der Waals surface area contributed by atoms with Crippen molar-refractivity contribution in [2.24, 2.45) is 20.6 Å². The second-order valence-corrected chi connectivity index (χ2v) is 18.0. The van der Waals surface area contributed by atoms with Crippen molar-refractivity contribution in [1.29, 1.82) is 0 Å². The first-order valence-corrected chi connectivity index (χ1v) is 22.6. The number of fused-ring (bicyclic) bond motifs is 2. The Bertz CT molecular complexity index is 2360. The third-order valence-corrected chi connectivity index (χ3v) is 14.4. The van der Waals surface area contributed by atoms with Crippen LogP contribution in [0, 0.1) is 18.8 Å². The van der Waals surface area contributed by atoms with Crippen molar-refractivity contribution >= 4 is 68.2 Å². The predicted octanol–water partition coefficient (Wildman–Crippen LogP) is 16.1. The van der Waals surface area contributed by atoms with E-state index < -0.39 is 11.7 Å². The number of unbranched alkanes of at least 4 members (excludes halogenated alkanes) is 2. The second kappa shape index (κ2) is 17.3. The molecule has 0 radical (unpaired) electrons. The van der Waals surface area contributed by atoms with Gasteiger partial charge in [-0.1, -0.05) is 103 Å². The van der Waals surface area contributed by atoms with Crippen LogP contribution >= 0.6 is 34.4 Å². The Kier molecular flexibility index (Phi) is 12.5. The Labute approximate surface area is 338 Å². The third-order valence-electron chi connectivity index (χ3n) is 11.1. The highest BCUT2D eigenvalue weighted by Gasteiger charge is 2.34. The number of nitrogens with zero attached hydrogens (tertiary/aromatic N) is 4. The number of aromatic nitrogens is 2. The minimum atomic E-state index is -4.40. The molecule has 2 atom stereocenters. The van der Waals surface area contributed by atoms with Crippen molar-refractivity contribution in [1.82, 2.24) is 8.75 Å². The first-order chi connectivity index (χ1) is 26.6. The van der Waals surface area contributed by atoms with E-state index in [1.54, 1.807) is 34.8 Å². The maximum Gasteiger partial charge on any atom is 0.416 e. The summed E-state index contributed by atoms with van der Waals surface area (Å²) >= 11 is 5.64. The van der Waals surface area contributed by atoms with E-state index >= 15 is 0 Å². The summed E-state index contributed by atoms with van der Waals surface area (Å²) < 4.78 is 61.8. The van der Waals surface area contributed by atoms with Crippen molar-refractivity contribution in [3.05, 3.63) is 82.9 Å². The van der Waals surface area contributed by atoms with Gasteiger partial charge in [-0.25, -0.2) is 0 Å². The van der Waals surface area contributed by atoms with E-state index in [-0.39, 0.29) is 5.92 Å². The van der Waals surface area contributed by atoms with Gasteiger partial charge in [-0.2, -0.15) is 30.6 Å². The number of hydrogen-bond acceptors (Lipinski definition) is 7. The van der Waals surface area contributed by atoms with E-state index in [9.17, 15) is 13.2 Å². The zero-order chi connectivity index (χ0) is 38.7.